The smallest absolute Gasteiger partial charge is 0.229 e. The van der Waals surface area contributed by atoms with Gasteiger partial charge >= 0.3 is 0 Å². The van der Waals surface area contributed by atoms with Crippen LogP contribution in [0.1, 0.15) is 0 Å². The summed E-state index contributed by atoms with van der Waals surface area (Å²) in [6.45, 7) is 0. The van der Waals surface area contributed by atoms with Gasteiger partial charge in [0.1, 0.15) is 5.02 Å². The maximum atomic E-state index is 11.3. The van der Waals surface area contributed by atoms with Crippen LogP contribution in [0, 0.1) is 0 Å². The van der Waals surface area contributed by atoms with Crippen molar-refractivity contribution in [3.63, 3.8) is 0 Å². The topological polar surface area (TPSA) is 96.9 Å². The molecule has 0 spiro atoms. The van der Waals surface area contributed by atoms with Crippen molar-refractivity contribution in [2.75, 3.05) is 16.3 Å². The maximum absolute atomic E-state index is 11.3. The third kappa shape index (κ3) is 3.92. The van der Waals surface area contributed by atoms with Gasteiger partial charge in [0, 0.05) is 6.20 Å². The molecular weight excluding hydrogens is 325 g/mol. The van der Waals surface area contributed by atoms with Crippen molar-refractivity contribution < 1.29 is 8.42 Å². The predicted octanol–water partition coefficient (Wildman–Crippen LogP) is 2.29. The lowest BCUT2D eigenvalue weighted by Gasteiger charge is -2.12. The molecule has 2 rings (SSSR count). The minimum atomic E-state index is -3.42. The van der Waals surface area contributed by atoms with Crippen molar-refractivity contribution in [2.45, 2.75) is 0 Å². The first-order valence-electron chi connectivity index (χ1n) is 5.22. The van der Waals surface area contributed by atoms with E-state index in [0.717, 1.165) is 6.26 Å². The summed E-state index contributed by atoms with van der Waals surface area (Å²) in [6, 6.07) is 1.50. The summed E-state index contributed by atoms with van der Waals surface area (Å²) in [7, 11) is -3.42. The van der Waals surface area contributed by atoms with Crippen molar-refractivity contribution in [3.8, 4) is 0 Å². The summed E-state index contributed by atoms with van der Waals surface area (Å²) in [5.74, 6) is 0.246. The molecular formula is C10H9Cl2N5O2S. The van der Waals surface area contributed by atoms with E-state index in [2.05, 4.69) is 25.0 Å². The van der Waals surface area contributed by atoms with Crippen molar-refractivity contribution in [2.24, 2.45) is 0 Å². The third-order valence-corrected chi connectivity index (χ3v) is 3.13. The van der Waals surface area contributed by atoms with Gasteiger partial charge in [0.05, 0.1) is 30.0 Å². The van der Waals surface area contributed by atoms with Gasteiger partial charge in [-0.25, -0.2) is 13.4 Å². The van der Waals surface area contributed by atoms with Gasteiger partial charge in [-0.15, -0.1) is 0 Å². The molecule has 2 heterocycles. The van der Waals surface area contributed by atoms with Crippen LogP contribution in [0.2, 0.25) is 10.3 Å². The van der Waals surface area contributed by atoms with E-state index >= 15 is 0 Å². The molecule has 2 N–H and O–H groups in total. The molecule has 0 aliphatic carbocycles. The normalized spacial score (nSPS) is 11.2. The molecule has 0 aliphatic rings. The molecule has 0 unspecified atom stereocenters. The Kier molecular flexibility index (Phi) is 4.26. The lowest BCUT2D eigenvalue weighted by atomic mass is 10.3. The first-order chi connectivity index (χ1) is 9.35. The molecule has 0 bridgehead atoms. The highest BCUT2D eigenvalue weighted by Gasteiger charge is 2.10. The van der Waals surface area contributed by atoms with Gasteiger partial charge in [0.25, 0.3) is 0 Å². The molecule has 0 saturated carbocycles. The standard InChI is InChI=1S/C10H9Cl2N5O2S/c1-20(18,19)17-7-2-3-13-5-8(7)15-9-6(11)4-14-10(12)16-9/h2-5H,1H3,(H,13,17)(H,14,15,16). The van der Waals surface area contributed by atoms with Crippen LogP contribution in [0.4, 0.5) is 17.2 Å². The Morgan fingerprint density at radius 3 is 2.65 bits per heavy atom. The first kappa shape index (κ1) is 14.8. The van der Waals surface area contributed by atoms with Crippen LogP contribution in [0.25, 0.3) is 0 Å². The zero-order valence-corrected chi connectivity index (χ0v) is 12.5. The van der Waals surface area contributed by atoms with Gasteiger partial charge in [-0.1, -0.05) is 11.6 Å². The van der Waals surface area contributed by atoms with E-state index < -0.39 is 10.0 Å². The second kappa shape index (κ2) is 5.78. The van der Waals surface area contributed by atoms with Crippen molar-refractivity contribution in [1.29, 1.82) is 0 Å². The Bertz CT molecular complexity index is 738. The second-order valence-corrected chi connectivity index (χ2v) is 6.25. The molecule has 7 nitrogen and oxygen atoms in total. The van der Waals surface area contributed by atoms with Gasteiger partial charge in [-0.05, 0) is 17.7 Å². The number of hydrogen-bond donors (Lipinski definition) is 2. The van der Waals surface area contributed by atoms with Crippen molar-refractivity contribution >= 4 is 50.4 Å². The average molecular weight is 334 g/mol. The van der Waals surface area contributed by atoms with Gasteiger partial charge in [-0.2, -0.15) is 4.98 Å². The Morgan fingerprint density at radius 1 is 1.20 bits per heavy atom. The zero-order chi connectivity index (χ0) is 14.8. The molecule has 0 saturated heterocycles. The average Bonchev–Trinajstić information content (AvgIpc) is 2.34. The summed E-state index contributed by atoms with van der Waals surface area (Å²) in [6.07, 6.45) is 5.26. The van der Waals surface area contributed by atoms with E-state index in [0.29, 0.717) is 11.4 Å². The molecule has 0 amide bonds. The minimum Gasteiger partial charge on any atom is -0.336 e. The number of sulfonamides is 1. The number of nitrogens with zero attached hydrogens (tertiary/aromatic N) is 3. The van der Waals surface area contributed by atoms with Gasteiger partial charge in [0.2, 0.25) is 15.3 Å². The number of anilines is 3. The molecule has 20 heavy (non-hydrogen) atoms. The SMILES string of the molecule is CS(=O)(=O)Nc1ccncc1Nc1nc(Cl)ncc1Cl. The summed E-state index contributed by atoms with van der Waals surface area (Å²) in [5, 5.41) is 3.10. The largest absolute Gasteiger partial charge is 0.336 e. The molecule has 2 aromatic heterocycles. The molecule has 106 valence electrons. The lowest BCUT2D eigenvalue weighted by Crippen LogP contribution is -2.11. The van der Waals surface area contributed by atoms with Crippen LogP contribution in [0.3, 0.4) is 0 Å². The minimum absolute atomic E-state index is 0.0124. The summed E-state index contributed by atoms with van der Waals surface area (Å²) < 4.78 is 24.9. The zero-order valence-electron chi connectivity index (χ0n) is 10.1. The Balaban J connectivity index is 2.36. The molecule has 0 radical (unpaired) electrons. The highest BCUT2D eigenvalue weighted by Crippen LogP contribution is 2.28. The van der Waals surface area contributed by atoms with Gasteiger partial charge < -0.3 is 5.32 Å². The van der Waals surface area contributed by atoms with E-state index in [4.69, 9.17) is 23.2 Å². The van der Waals surface area contributed by atoms with Crippen LogP contribution in [-0.2, 0) is 10.0 Å². The number of hydrogen-bond acceptors (Lipinski definition) is 6. The highest BCUT2D eigenvalue weighted by molar-refractivity contribution is 7.92. The highest BCUT2D eigenvalue weighted by atomic mass is 35.5. The Morgan fingerprint density at radius 2 is 1.95 bits per heavy atom. The summed E-state index contributed by atoms with van der Waals surface area (Å²) in [4.78, 5) is 11.5. The number of halogens is 2. The fourth-order valence-corrected chi connectivity index (χ4v) is 2.19. The van der Waals surface area contributed by atoms with Crippen LogP contribution in [0.15, 0.2) is 24.7 Å². The molecule has 0 aliphatic heterocycles. The quantitative estimate of drug-likeness (QED) is 0.833. The number of aromatic nitrogens is 3. The van der Waals surface area contributed by atoms with E-state index in [1.54, 1.807) is 0 Å². The molecule has 10 heteroatoms. The Hall–Kier alpha value is -1.64. The number of nitrogens with one attached hydrogen (secondary N) is 2. The summed E-state index contributed by atoms with van der Waals surface area (Å²) >= 11 is 11.6. The van der Waals surface area contributed by atoms with Crippen LogP contribution < -0.4 is 10.0 Å². The van der Waals surface area contributed by atoms with Gasteiger partial charge in [0.15, 0.2) is 5.82 Å². The third-order valence-electron chi connectivity index (χ3n) is 2.08. The molecule has 0 atom stereocenters. The fraction of sp³-hybridized carbons (Fsp3) is 0.100. The van der Waals surface area contributed by atoms with Crippen molar-refractivity contribution in [3.05, 3.63) is 35.0 Å². The maximum Gasteiger partial charge on any atom is 0.229 e. The van der Waals surface area contributed by atoms with E-state index in [1.807, 2.05) is 0 Å². The summed E-state index contributed by atoms with van der Waals surface area (Å²) in [5.41, 5.74) is 0.697. The molecule has 2 aromatic rings. The van der Waals surface area contributed by atoms with Gasteiger partial charge in [-0.3, -0.25) is 9.71 Å². The van der Waals surface area contributed by atoms with E-state index in [1.165, 1.54) is 24.7 Å². The van der Waals surface area contributed by atoms with E-state index in [9.17, 15) is 8.42 Å². The second-order valence-electron chi connectivity index (χ2n) is 3.76. The van der Waals surface area contributed by atoms with Crippen LogP contribution >= 0.6 is 23.2 Å². The predicted molar refractivity (Wildman–Crippen MR) is 78.0 cm³/mol. The number of pyridine rings is 1. The van der Waals surface area contributed by atoms with Crippen LogP contribution in [-0.4, -0.2) is 29.6 Å². The number of rotatable bonds is 4. The first-order valence-corrected chi connectivity index (χ1v) is 7.87. The molecule has 0 aromatic carbocycles. The van der Waals surface area contributed by atoms with E-state index in [-0.39, 0.29) is 16.1 Å². The fourth-order valence-electron chi connectivity index (χ4n) is 1.34. The van der Waals surface area contributed by atoms with Crippen molar-refractivity contribution in [1.82, 2.24) is 15.0 Å². The van der Waals surface area contributed by atoms with Crippen LogP contribution in [0.5, 0.6) is 0 Å². The molecule has 0 fully saturated rings. The Labute approximate surface area is 125 Å². The monoisotopic (exact) mass is 333 g/mol. The lowest BCUT2D eigenvalue weighted by molar-refractivity contribution is 0.607.